The van der Waals surface area contributed by atoms with Crippen molar-refractivity contribution in [2.24, 2.45) is 0 Å². The van der Waals surface area contributed by atoms with Crippen LogP contribution in [0.3, 0.4) is 0 Å². The number of hydrogen-bond acceptors (Lipinski definition) is 4. The van der Waals surface area contributed by atoms with Gasteiger partial charge in [0.1, 0.15) is 0 Å². The van der Waals surface area contributed by atoms with E-state index in [0.717, 1.165) is 16.9 Å². The minimum atomic E-state index is -0.378. The van der Waals surface area contributed by atoms with E-state index < -0.39 is 0 Å². The van der Waals surface area contributed by atoms with E-state index in [1.165, 1.54) is 7.11 Å². The number of carbonyl (C=O) groups is 2. The lowest BCUT2D eigenvalue weighted by atomic mass is 10.2. The number of ether oxygens (including phenoxy) is 1. The predicted molar refractivity (Wildman–Crippen MR) is 100 cm³/mol. The molecule has 1 N–H and O–H groups in total. The molecule has 5 heteroatoms. The van der Waals surface area contributed by atoms with Gasteiger partial charge in [-0.2, -0.15) is 0 Å². The number of nitrogens with one attached hydrogen (secondary N) is 1. The first-order valence-electron chi connectivity index (χ1n) is 8.34. The van der Waals surface area contributed by atoms with Gasteiger partial charge in [0.2, 0.25) is 5.91 Å². The molecule has 0 aliphatic heterocycles. The summed E-state index contributed by atoms with van der Waals surface area (Å²) in [7, 11) is 1.35. The summed E-state index contributed by atoms with van der Waals surface area (Å²) in [6.45, 7) is 5.09. The third-order valence-corrected chi connectivity index (χ3v) is 3.88. The molecule has 0 fully saturated rings. The lowest BCUT2D eigenvalue weighted by Crippen LogP contribution is -2.31. The predicted octanol–water partition coefficient (Wildman–Crippen LogP) is 3.64. The third-order valence-electron chi connectivity index (χ3n) is 3.88. The van der Waals surface area contributed by atoms with Crippen LogP contribution >= 0.6 is 0 Å². The molecule has 2 aromatic carbocycles. The zero-order valence-electron chi connectivity index (χ0n) is 14.9. The zero-order chi connectivity index (χ0) is 18.2. The third kappa shape index (κ3) is 5.08. The molecule has 0 spiro atoms. The van der Waals surface area contributed by atoms with Gasteiger partial charge in [-0.05, 0) is 49.7 Å². The van der Waals surface area contributed by atoms with E-state index in [4.69, 9.17) is 4.74 Å². The fourth-order valence-corrected chi connectivity index (χ4v) is 2.62. The normalized spacial score (nSPS) is 10.2. The molecule has 0 unspecified atom stereocenters. The Hall–Kier alpha value is -2.82. The van der Waals surface area contributed by atoms with E-state index >= 15 is 0 Å². The zero-order valence-corrected chi connectivity index (χ0v) is 14.9. The second-order valence-electron chi connectivity index (χ2n) is 5.73. The SMILES string of the molecule is CCN(C(=O)CCNc1cccc(C(=O)OC)c1)c1cccc(C)c1. The first-order valence-corrected chi connectivity index (χ1v) is 8.34. The van der Waals surface area contributed by atoms with Crippen LogP contribution in [0, 0.1) is 6.92 Å². The van der Waals surface area contributed by atoms with Crippen molar-refractivity contribution in [1.82, 2.24) is 0 Å². The second-order valence-corrected chi connectivity index (χ2v) is 5.73. The van der Waals surface area contributed by atoms with Crippen LogP contribution in [0.15, 0.2) is 48.5 Å². The Morgan fingerprint density at radius 1 is 1.12 bits per heavy atom. The van der Waals surface area contributed by atoms with Gasteiger partial charge in [-0.3, -0.25) is 4.79 Å². The molecule has 0 aliphatic rings. The average molecular weight is 340 g/mol. The topological polar surface area (TPSA) is 58.6 Å². The molecule has 2 aromatic rings. The van der Waals surface area contributed by atoms with Crippen molar-refractivity contribution in [3.63, 3.8) is 0 Å². The summed E-state index contributed by atoms with van der Waals surface area (Å²) in [4.78, 5) is 25.8. The number of nitrogens with zero attached hydrogens (tertiary/aromatic N) is 1. The fourth-order valence-electron chi connectivity index (χ4n) is 2.62. The van der Waals surface area contributed by atoms with Gasteiger partial charge in [0.25, 0.3) is 0 Å². The molecule has 132 valence electrons. The number of carbonyl (C=O) groups excluding carboxylic acids is 2. The molecular formula is C20H24N2O3. The monoisotopic (exact) mass is 340 g/mol. The van der Waals surface area contributed by atoms with E-state index in [0.29, 0.717) is 25.1 Å². The van der Waals surface area contributed by atoms with Gasteiger partial charge in [0.05, 0.1) is 12.7 Å². The minimum absolute atomic E-state index is 0.0599. The van der Waals surface area contributed by atoms with Crippen LogP contribution in [0.2, 0.25) is 0 Å². The number of rotatable bonds is 7. The smallest absolute Gasteiger partial charge is 0.337 e. The van der Waals surface area contributed by atoms with Crippen LogP contribution in [0.5, 0.6) is 0 Å². The van der Waals surface area contributed by atoms with Gasteiger partial charge >= 0.3 is 5.97 Å². The number of esters is 1. The van der Waals surface area contributed by atoms with E-state index in [9.17, 15) is 9.59 Å². The first kappa shape index (κ1) is 18.5. The standard InChI is InChI=1S/C20H24N2O3/c1-4-22(18-10-5-7-15(2)13-18)19(23)11-12-21-17-9-6-8-16(14-17)20(24)25-3/h5-10,13-14,21H,4,11-12H2,1-3H3. The maximum Gasteiger partial charge on any atom is 0.337 e. The van der Waals surface area contributed by atoms with E-state index in [-0.39, 0.29) is 11.9 Å². The minimum Gasteiger partial charge on any atom is -0.465 e. The highest BCUT2D eigenvalue weighted by Gasteiger charge is 2.13. The average Bonchev–Trinajstić information content (AvgIpc) is 2.62. The molecule has 0 atom stereocenters. The number of amides is 1. The van der Waals surface area contributed by atoms with Crippen molar-refractivity contribution in [2.75, 3.05) is 30.4 Å². The molecule has 0 aromatic heterocycles. The summed E-state index contributed by atoms with van der Waals surface area (Å²) >= 11 is 0. The van der Waals surface area contributed by atoms with Crippen LogP contribution in [-0.2, 0) is 9.53 Å². The Kier molecular flexibility index (Phi) is 6.57. The van der Waals surface area contributed by atoms with E-state index in [1.54, 1.807) is 23.1 Å². The molecule has 0 saturated heterocycles. The van der Waals surface area contributed by atoms with Crippen LogP contribution in [0.4, 0.5) is 11.4 Å². The van der Waals surface area contributed by atoms with Crippen LogP contribution in [-0.4, -0.2) is 32.1 Å². The maximum absolute atomic E-state index is 12.5. The van der Waals surface area contributed by atoms with Crippen molar-refractivity contribution in [3.05, 3.63) is 59.7 Å². The molecular weight excluding hydrogens is 316 g/mol. The van der Waals surface area contributed by atoms with Gasteiger partial charge in [0, 0.05) is 30.9 Å². The Labute approximate surface area is 148 Å². The van der Waals surface area contributed by atoms with Crippen molar-refractivity contribution < 1.29 is 14.3 Å². The van der Waals surface area contributed by atoms with Gasteiger partial charge in [-0.25, -0.2) is 4.79 Å². The Bertz CT molecular complexity index is 743. The Morgan fingerprint density at radius 3 is 2.56 bits per heavy atom. The summed E-state index contributed by atoms with van der Waals surface area (Å²) in [5.74, 6) is -0.318. The van der Waals surface area contributed by atoms with Gasteiger partial charge in [-0.1, -0.05) is 18.2 Å². The fraction of sp³-hybridized carbons (Fsp3) is 0.300. The van der Waals surface area contributed by atoms with Crippen molar-refractivity contribution in [2.45, 2.75) is 20.3 Å². The van der Waals surface area contributed by atoms with Crippen molar-refractivity contribution in [3.8, 4) is 0 Å². The summed E-state index contributed by atoms with van der Waals surface area (Å²) < 4.78 is 4.71. The highest BCUT2D eigenvalue weighted by atomic mass is 16.5. The van der Waals surface area contributed by atoms with Gasteiger partial charge in [-0.15, -0.1) is 0 Å². The highest BCUT2D eigenvalue weighted by Crippen LogP contribution is 2.17. The summed E-state index contributed by atoms with van der Waals surface area (Å²) in [6, 6.07) is 15.0. The molecule has 0 aliphatic carbocycles. The summed E-state index contributed by atoms with van der Waals surface area (Å²) in [5.41, 5.74) is 3.31. The van der Waals surface area contributed by atoms with Gasteiger partial charge < -0.3 is 15.0 Å². The molecule has 0 saturated carbocycles. The highest BCUT2D eigenvalue weighted by molar-refractivity contribution is 5.93. The Morgan fingerprint density at radius 2 is 1.88 bits per heavy atom. The summed E-state index contributed by atoms with van der Waals surface area (Å²) in [6.07, 6.45) is 0.365. The van der Waals surface area contributed by atoms with Crippen molar-refractivity contribution in [1.29, 1.82) is 0 Å². The Balaban J connectivity index is 1.94. The molecule has 0 heterocycles. The quantitative estimate of drug-likeness (QED) is 0.782. The number of methoxy groups -OCH3 is 1. The molecule has 2 rings (SSSR count). The van der Waals surface area contributed by atoms with Crippen molar-refractivity contribution >= 4 is 23.3 Å². The number of hydrogen-bond donors (Lipinski definition) is 1. The molecule has 25 heavy (non-hydrogen) atoms. The van der Waals surface area contributed by atoms with Crippen LogP contribution < -0.4 is 10.2 Å². The largest absolute Gasteiger partial charge is 0.465 e. The first-order chi connectivity index (χ1) is 12.0. The number of benzene rings is 2. The van der Waals surface area contributed by atoms with E-state index in [1.807, 2.05) is 44.2 Å². The van der Waals surface area contributed by atoms with E-state index in [2.05, 4.69) is 5.32 Å². The summed E-state index contributed by atoms with van der Waals surface area (Å²) in [5, 5.41) is 3.18. The number of aryl methyl sites for hydroxylation is 1. The molecule has 5 nitrogen and oxygen atoms in total. The van der Waals surface area contributed by atoms with Crippen LogP contribution in [0.25, 0.3) is 0 Å². The second kappa shape index (κ2) is 8.87. The maximum atomic E-state index is 12.5. The molecule has 0 radical (unpaired) electrons. The molecule has 0 bridgehead atoms. The lowest BCUT2D eigenvalue weighted by Gasteiger charge is -2.21. The number of anilines is 2. The lowest BCUT2D eigenvalue weighted by molar-refractivity contribution is -0.118. The van der Waals surface area contributed by atoms with Crippen LogP contribution in [0.1, 0.15) is 29.3 Å². The van der Waals surface area contributed by atoms with Gasteiger partial charge in [0.15, 0.2) is 0 Å². The molecule has 1 amide bonds.